The number of carboxylic acids is 1. The van der Waals surface area contributed by atoms with Gasteiger partial charge in [0.25, 0.3) is 0 Å². The maximum absolute atomic E-state index is 12.3. The minimum Gasteiger partial charge on any atom is -0.497 e. The highest BCUT2D eigenvalue weighted by molar-refractivity contribution is 5.74. The number of nitrogens with two attached hydrogens (primary N) is 1. The van der Waals surface area contributed by atoms with Gasteiger partial charge in [0.15, 0.2) is 11.5 Å². The Morgan fingerprint density at radius 1 is 1.18 bits per heavy atom. The highest BCUT2D eigenvalue weighted by atomic mass is 16.7. The van der Waals surface area contributed by atoms with Gasteiger partial charge in [0, 0.05) is 31.6 Å². The largest absolute Gasteiger partial charge is 0.497 e. The van der Waals surface area contributed by atoms with Crippen molar-refractivity contribution in [3.8, 4) is 17.2 Å². The van der Waals surface area contributed by atoms with Crippen molar-refractivity contribution < 1.29 is 24.1 Å². The van der Waals surface area contributed by atoms with E-state index in [-0.39, 0.29) is 18.8 Å². The molecule has 2 aliphatic rings. The molecule has 4 rings (SSSR count). The second-order valence-electron chi connectivity index (χ2n) is 7.08. The fourth-order valence-electron chi connectivity index (χ4n) is 4.31. The Morgan fingerprint density at radius 2 is 1.89 bits per heavy atom. The molecule has 28 heavy (non-hydrogen) atoms. The van der Waals surface area contributed by atoms with Crippen molar-refractivity contribution in [3.05, 3.63) is 53.6 Å². The normalized spacial score (nSPS) is 23.7. The van der Waals surface area contributed by atoms with Crippen molar-refractivity contribution >= 4 is 5.97 Å². The second-order valence-corrected chi connectivity index (χ2v) is 7.08. The lowest BCUT2D eigenvalue weighted by Gasteiger charge is -2.27. The first-order chi connectivity index (χ1) is 13.6. The Bertz CT molecular complexity index is 854. The van der Waals surface area contributed by atoms with Crippen LogP contribution in [0.1, 0.15) is 23.1 Å². The van der Waals surface area contributed by atoms with Gasteiger partial charge in [-0.1, -0.05) is 18.2 Å². The predicted molar refractivity (Wildman–Crippen MR) is 103 cm³/mol. The first-order valence-electron chi connectivity index (χ1n) is 9.32. The van der Waals surface area contributed by atoms with Gasteiger partial charge in [-0.2, -0.15) is 0 Å². The van der Waals surface area contributed by atoms with E-state index in [0.717, 1.165) is 16.9 Å². The number of fused-ring (bicyclic) bond motifs is 1. The van der Waals surface area contributed by atoms with E-state index in [1.807, 2.05) is 42.5 Å². The molecule has 0 aliphatic carbocycles. The first-order valence-corrected chi connectivity index (χ1v) is 9.32. The molecular weight excluding hydrogens is 360 g/mol. The molecule has 0 bridgehead atoms. The van der Waals surface area contributed by atoms with E-state index >= 15 is 0 Å². The summed E-state index contributed by atoms with van der Waals surface area (Å²) in [5.41, 5.74) is 7.72. The maximum Gasteiger partial charge on any atom is 0.309 e. The molecule has 1 fully saturated rings. The summed E-state index contributed by atoms with van der Waals surface area (Å²) in [4.78, 5) is 14.5. The zero-order chi connectivity index (χ0) is 19.7. The fraction of sp³-hybridized carbons (Fsp3) is 0.381. The van der Waals surface area contributed by atoms with Crippen LogP contribution in [0, 0.1) is 5.92 Å². The Hall–Kier alpha value is -2.77. The number of nitrogens with zero attached hydrogens (tertiary/aromatic N) is 1. The molecule has 7 heteroatoms. The molecule has 0 saturated carbocycles. The van der Waals surface area contributed by atoms with Gasteiger partial charge in [0.1, 0.15) is 5.75 Å². The average Bonchev–Trinajstić information content (AvgIpc) is 3.32. The third-order valence-electron chi connectivity index (χ3n) is 5.58. The van der Waals surface area contributed by atoms with Crippen LogP contribution in [0.3, 0.4) is 0 Å². The van der Waals surface area contributed by atoms with E-state index in [0.29, 0.717) is 31.1 Å². The molecule has 3 N–H and O–H groups in total. The number of benzene rings is 2. The van der Waals surface area contributed by atoms with E-state index in [2.05, 4.69) is 4.90 Å². The molecule has 0 spiro atoms. The quantitative estimate of drug-likeness (QED) is 0.789. The van der Waals surface area contributed by atoms with Crippen molar-refractivity contribution in [1.29, 1.82) is 0 Å². The van der Waals surface area contributed by atoms with Crippen LogP contribution in [0.4, 0.5) is 0 Å². The molecule has 2 heterocycles. The molecule has 3 unspecified atom stereocenters. The molecule has 3 atom stereocenters. The summed E-state index contributed by atoms with van der Waals surface area (Å²) in [6.07, 6.45) is 0. The van der Waals surface area contributed by atoms with Gasteiger partial charge in [-0.25, -0.2) is 0 Å². The van der Waals surface area contributed by atoms with Gasteiger partial charge in [-0.3, -0.25) is 9.69 Å². The lowest BCUT2D eigenvalue weighted by molar-refractivity contribution is -0.143. The van der Waals surface area contributed by atoms with Gasteiger partial charge < -0.3 is 25.1 Å². The molecule has 148 valence electrons. The molecule has 2 aliphatic heterocycles. The smallest absolute Gasteiger partial charge is 0.309 e. The molecule has 7 nitrogen and oxygen atoms in total. The van der Waals surface area contributed by atoms with Crippen molar-refractivity contribution in [3.63, 3.8) is 0 Å². The van der Waals surface area contributed by atoms with Crippen molar-refractivity contribution in [1.82, 2.24) is 4.90 Å². The second kappa shape index (κ2) is 7.69. The van der Waals surface area contributed by atoms with Crippen LogP contribution in [0.5, 0.6) is 17.2 Å². The standard InChI is InChI=1S/C21H24N2O5/c1-26-15-5-2-13(3-6-15)20-19(21(24)25)16(11-23(20)9-8-22)14-4-7-17-18(10-14)28-12-27-17/h2-7,10,16,19-20H,8-9,11-12,22H2,1H3,(H,24,25). The Kier molecular flexibility index (Phi) is 5.11. The molecule has 0 radical (unpaired) electrons. The summed E-state index contributed by atoms with van der Waals surface area (Å²) in [5, 5.41) is 10.1. The number of carboxylic acid groups (broad SMARTS) is 1. The summed E-state index contributed by atoms with van der Waals surface area (Å²) >= 11 is 0. The van der Waals surface area contributed by atoms with Crippen molar-refractivity contribution in [2.45, 2.75) is 12.0 Å². The van der Waals surface area contributed by atoms with E-state index in [4.69, 9.17) is 19.9 Å². The Balaban J connectivity index is 1.72. The summed E-state index contributed by atoms with van der Waals surface area (Å²) in [6.45, 7) is 1.90. The SMILES string of the molecule is COc1ccc(C2C(C(=O)O)C(c3ccc4c(c3)OCO4)CN2CCN)cc1. The Morgan fingerprint density at radius 3 is 2.57 bits per heavy atom. The highest BCUT2D eigenvalue weighted by Gasteiger charge is 2.47. The van der Waals surface area contributed by atoms with Gasteiger partial charge in [-0.05, 0) is 35.4 Å². The van der Waals surface area contributed by atoms with Crippen LogP contribution >= 0.6 is 0 Å². The minimum atomic E-state index is -0.817. The number of methoxy groups -OCH3 is 1. The average molecular weight is 384 g/mol. The van der Waals surface area contributed by atoms with Gasteiger partial charge >= 0.3 is 5.97 Å². The topological polar surface area (TPSA) is 94.2 Å². The van der Waals surface area contributed by atoms with Crippen molar-refractivity contribution in [2.75, 3.05) is 33.5 Å². The monoisotopic (exact) mass is 384 g/mol. The minimum absolute atomic E-state index is 0.175. The number of ether oxygens (including phenoxy) is 3. The third-order valence-corrected chi connectivity index (χ3v) is 5.58. The van der Waals surface area contributed by atoms with E-state index in [1.54, 1.807) is 7.11 Å². The summed E-state index contributed by atoms with van der Waals surface area (Å²) in [6, 6.07) is 13.0. The lowest BCUT2D eigenvalue weighted by atomic mass is 9.82. The van der Waals surface area contributed by atoms with E-state index in [1.165, 1.54) is 0 Å². The van der Waals surface area contributed by atoms with Gasteiger partial charge in [0.05, 0.1) is 13.0 Å². The zero-order valence-electron chi connectivity index (χ0n) is 15.7. The van der Waals surface area contributed by atoms with Gasteiger partial charge in [0.2, 0.25) is 6.79 Å². The van der Waals surface area contributed by atoms with E-state index in [9.17, 15) is 9.90 Å². The highest BCUT2D eigenvalue weighted by Crippen LogP contribution is 2.47. The molecule has 0 amide bonds. The number of rotatable bonds is 6. The number of hydrogen-bond donors (Lipinski definition) is 2. The van der Waals surface area contributed by atoms with Crippen LogP contribution in [0.25, 0.3) is 0 Å². The lowest BCUT2D eigenvalue weighted by Crippen LogP contribution is -2.32. The fourth-order valence-corrected chi connectivity index (χ4v) is 4.31. The van der Waals surface area contributed by atoms with Crippen LogP contribution < -0.4 is 19.9 Å². The molecule has 1 saturated heterocycles. The number of carbonyl (C=O) groups is 1. The van der Waals surface area contributed by atoms with Crippen molar-refractivity contribution in [2.24, 2.45) is 11.7 Å². The zero-order valence-corrected chi connectivity index (χ0v) is 15.7. The maximum atomic E-state index is 12.3. The molecule has 0 aromatic heterocycles. The summed E-state index contributed by atoms with van der Waals surface area (Å²) in [7, 11) is 1.61. The Labute approximate surface area is 163 Å². The molecule has 2 aromatic rings. The number of likely N-dealkylation sites (tertiary alicyclic amines) is 1. The summed E-state index contributed by atoms with van der Waals surface area (Å²) < 4.78 is 16.1. The van der Waals surface area contributed by atoms with Gasteiger partial charge in [-0.15, -0.1) is 0 Å². The number of hydrogen-bond acceptors (Lipinski definition) is 6. The molecule has 2 aromatic carbocycles. The summed E-state index contributed by atoms with van der Waals surface area (Å²) in [5.74, 6) is 0.513. The van der Waals surface area contributed by atoms with E-state index < -0.39 is 11.9 Å². The molecular formula is C21H24N2O5. The number of aliphatic carboxylic acids is 1. The van der Waals surface area contributed by atoms with Crippen LogP contribution in [0.2, 0.25) is 0 Å². The first kappa shape index (κ1) is 18.6. The van der Waals surface area contributed by atoms with Crippen LogP contribution in [-0.2, 0) is 4.79 Å². The van der Waals surface area contributed by atoms with Crippen LogP contribution in [0.15, 0.2) is 42.5 Å². The van der Waals surface area contributed by atoms with Crippen LogP contribution in [-0.4, -0.2) is 49.5 Å². The third kappa shape index (κ3) is 3.27. The predicted octanol–water partition coefficient (Wildman–Crippen LogP) is 2.22.